The van der Waals surface area contributed by atoms with Gasteiger partial charge in [-0.25, -0.2) is 4.68 Å². The molecule has 0 aliphatic heterocycles. The lowest BCUT2D eigenvalue weighted by Gasteiger charge is -2.25. The van der Waals surface area contributed by atoms with E-state index in [1.165, 1.54) is 6.20 Å². The van der Waals surface area contributed by atoms with Gasteiger partial charge in [0.15, 0.2) is 5.69 Å². The number of nitrogens with zero attached hydrogens (tertiary/aromatic N) is 5. The largest absolute Gasteiger partial charge is 0.480 e. The van der Waals surface area contributed by atoms with E-state index in [-0.39, 0.29) is 18.1 Å². The van der Waals surface area contributed by atoms with Gasteiger partial charge in [0.2, 0.25) is 0 Å². The van der Waals surface area contributed by atoms with Crippen LogP contribution in [0.15, 0.2) is 6.20 Å². The van der Waals surface area contributed by atoms with Gasteiger partial charge in [0.05, 0.1) is 6.20 Å². The van der Waals surface area contributed by atoms with Crippen molar-refractivity contribution < 1.29 is 14.7 Å². The molecule has 0 atom stereocenters. The predicted molar refractivity (Wildman–Crippen MR) is 77.0 cm³/mol. The highest BCUT2D eigenvalue weighted by molar-refractivity contribution is 5.92. The normalized spacial score (nSPS) is 11.1. The number of likely N-dealkylation sites (N-methyl/N-ethyl adjacent to an activating group) is 1. The molecular formula is C13H23N5O3. The molecule has 0 spiro atoms. The number of carbonyl (C=O) groups is 2. The fourth-order valence-corrected chi connectivity index (χ4v) is 1.81. The van der Waals surface area contributed by atoms with E-state index in [2.05, 4.69) is 10.3 Å². The van der Waals surface area contributed by atoms with Gasteiger partial charge >= 0.3 is 5.97 Å². The van der Waals surface area contributed by atoms with Crippen LogP contribution in [0.1, 0.15) is 24.3 Å². The molecule has 0 fully saturated rings. The van der Waals surface area contributed by atoms with Crippen molar-refractivity contribution in [2.45, 2.75) is 20.4 Å². The average Bonchev–Trinajstić information content (AvgIpc) is 2.80. The Kier molecular flexibility index (Phi) is 6.29. The van der Waals surface area contributed by atoms with Gasteiger partial charge in [-0.2, -0.15) is 0 Å². The van der Waals surface area contributed by atoms with E-state index in [0.717, 1.165) is 11.2 Å². The molecular weight excluding hydrogens is 274 g/mol. The van der Waals surface area contributed by atoms with E-state index < -0.39 is 5.97 Å². The lowest BCUT2D eigenvalue weighted by atomic mass is 10.2. The highest BCUT2D eigenvalue weighted by atomic mass is 16.4. The molecule has 118 valence electrons. The lowest BCUT2D eigenvalue weighted by molar-refractivity contribution is -0.137. The summed E-state index contributed by atoms with van der Waals surface area (Å²) in [6.45, 7) is 5.74. The Morgan fingerprint density at radius 2 is 2.00 bits per heavy atom. The van der Waals surface area contributed by atoms with Crippen LogP contribution in [0.5, 0.6) is 0 Å². The van der Waals surface area contributed by atoms with E-state index in [1.54, 1.807) is 4.90 Å². The summed E-state index contributed by atoms with van der Waals surface area (Å²) in [4.78, 5) is 26.8. The van der Waals surface area contributed by atoms with Crippen molar-refractivity contribution in [3.05, 3.63) is 11.9 Å². The first-order valence-electron chi connectivity index (χ1n) is 6.85. The van der Waals surface area contributed by atoms with Crippen LogP contribution in [-0.4, -0.2) is 75.5 Å². The predicted octanol–water partition coefficient (Wildman–Crippen LogP) is 0.0225. The molecule has 1 aromatic rings. The Bertz CT molecular complexity index is 484. The number of rotatable bonds is 8. The Hall–Kier alpha value is -1.96. The summed E-state index contributed by atoms with van der Waals surface area (Å²) in [7, 11) is 3.89. The number of carboxylic acid groups (broad SMARTS) is 1. The molecule has 8 nitrogen and oxygen atoms in total. The first-order valence-corrected chi connectivity index (χ1v) is 6.85. The zero-order chi connectivity index (χ0) is 16.0. The molecule has 1 heterocycles. The highest BCUT2D eigenvalue weighted by Crippen LogP contribution is 2.05. The third-order valence-corrected chi connectivity index (χ3v) is 2.74. The van der Waals surface area contributed by atoms with Gasteiger partial charge < -0.3 is 14.9 Å². The molecule has 0 aliphatic carbocycles. The second-order valence-corrected chi connectivity index (χ2v) is 5.64. The van der Waals surface area contributed by atoms with E-state index in [4.69, 9.17) is 5.11 Å². The van der Waals surface area contributed by atoms with Crippen molar-refractivity contribution >= 4 is 11.9 Å². The molecule has 8 heteroatoms. The van der Waals surface area contributed by atoms with Crippen LogP contribution in [0.2, 0.25) is 0 Å². The zero-order valence-electron chi connectivity index (χ0n) is 13.0. The van der Waals surface area contributed by atoms with Crippen molar-refractivity contribution in [3.8, 4) is 0 Å². The summed E-state index contributed by atoms with van der Waals surface area (Å²) in [5, 5.41) is 16.1. The van der Waals surface area contributed by atoms with Crippen molar-refractivity contribution in [2.75, 3.05) is 33.7 Å². The maximum absolute atomic E-state index is 12.4. The van der Waals surface area contributed by atoms with Crippen molar-refractivity contribution in [3.63, 3.8) is 0 Å². The summed E-state index contributed by atoms with van der Waals surface area (Å²) >= 11 is 0. The third-order valence-electron chi connectivity index (χ3n) is 2.74. The van der Waals surface area contributed by atoms with Gasteiger partial charge in [0, 0.05) is 19.6 Å². The summed E-state index contributed by atoms with van der Waals surface area (Å²) in [6.07, 6.45) is 1.37. The van der Waals surface area contributed by atoms with E-state index in [9.17, 15) is 9.59 Å². The van der Waals surface area contributed by atoms with Crippen LogP contribution < -0.4 is 0 Å². The van der Waals surface area contributed by atoms with Gasteiger partial charge in [0.25, 0.3) is 5.91 Å². The number of amides is 1. The quantitative estimate of drug-likeness (QED) is 0.727. The molecule has 1 amide bonds. The molecule has 1 aromatic heterocycles. The molecule has 1 N–H and O–H groups in total. The summed E-state index contributed by atoms with van der Waals surface area (Å²) in [5.74, 6) is -0.905. The van der Waals surface area contributed by atoms with Gasteiger partial charge in [-0.05, 0) is 20.0 Å². The maximum Gasteiger partial charge on any atom is 0.325 e. The van der Waals surface area contributed by atoms with E-state index in [0.29, 0.717) is 19.0 Å². The van der Waals surface area contributed by atoms with Gasteiger partial charge in [-0.15, -0.1) is 5.10 Å². The van der Waals surface area contributed by atoms with Crippen LogP contribution in [0.4, 0.5) is 0 Å². The molecule has 0 aliphatic rings. The summed E-state index contributed by atoms with van der Waals surface area (Å²) < 4.78 is 1.15. The highest BCUT2D eigenvalue weighted by Gasteiger charge is 2.20. The molecule has 0 radical (unpaired) electrons. The van der Waals surface area contributed by atoms with Crippen LogP contribution in [0, 0.1) is 5.92 Å². The fraction of sp³-hybridized carbons (Fsp3) is 0.692. The minimum Gasteiger partial charge on any atom is -0.480 e. The average molecular weight is 297 g/mol. The minimum atomic E-state index is -1.02. The SMILES string of the molecule is CC(C)CN(CCN(C)C)C(=O)c1cn(CC(=O)O)nn1. The summed E-state index contributed by atoms with van der Waals surface area (Å²) in [5.41, 5.74) is 0.177. The number of hydrogen-bond acceptors (Lipinski definition) is 5. The van der Waals surface area contributed by atoms with Crippen molar-refractivity contribution in [1.29, 1.82) is 0 Å². The first-order chi connectivity index (χ1) is 9.79. The fourth-order valence-electron chi connectivity index (χ4n) is 1.81. The Balaban J connectivity index is 2.78. The van der Waals surface area contributed by atoms with Crippen molar-refractivity contribution in [1.82, 2.24) is 24.8 Å². The molecule has 0 saturated carbocycles. The minimum absolute atomic E-state index is 0.177. The van der Waals surface area contributed by atoms with Crippen LogP contribution >= 0.6 is 0 Å². The van der Waals surface area contributed by atoms with Crippen LogP contribution in [0.25, 0.3) is 0 Å². The maximum atomic E-state index is 12.4. The molecule has 1 rings (SSSR count). The number of aliphatic carboxylic acids is 1. The van der Waals surface area contributed by atoms with Crippen molar-refractivity contribution in [2.24, 2.45) is 5.92 Å². The zero-order valence-corrected chi connectivity index (χ0v) is 13.0. The van der Waals surface area contributed by atoms with E-state index >= 15 is 0 Å². The van der Waals surface area contributed by atoms with E-state index in [1.807, 2.05) is 32.8 Å². The second kappa shape index (κ2) is 7.72. The van der Waals surface area contributed by atoms with Gasteiger partial charge in [0.1, 0.15) is 6.54 Å². The Labute approximate surface area is 124 Å². The number of aromatic nitrogens is 3. The third kappa shape index (κ3) is 5.90. The van der Waals surface area contributed by atoms with Gasteiger partial charge in [-0.1, -0.05) is 19.1 Å². The number of carboxylic acids is 1. The molecule has 0 bridgehead atoms. The lowest BCUT2D eigenvalue weighted by Crippen LogP contribution is -2.39. The number of hydrogen-bond donors (Lipinski definition) is 1. The topological polar surface area (TPSA) is 91.6 Å². The molecule has 0 saturated heterocycles. The number of carbonyl (C=O) groups excluding carboxylic acids is 1. The molecule has 0 aromatic carbocycles. The smallest absolute Gasteiger partial charge is 0.325 e. The monoisotopic (exact) mass is 297 g/mol. The van der Waals surface area contributed by atoms with Crippen LogP contribution in [-0.2, 0) is 11.3 Å². The molecule has 21 heavy (non-hydrogen) atoms. The Morgan fingerprint density at radius 3 is 2.52 bits per heavy atom. The standard InChI is InChI=1S/C13H23N5O3/c1-10(2)7-17(6-5-16(3)4)13(21)11-8-18(15-14-11)9-12(19)20/h8,10H,5-7,9H2,1-4H3,(H,19,20). The summed E-state index contributed by atoms with van der Waals surface area (Å²) in [6, 6.07) is 0. The van der Waals surface area contributed by atoms with Gasteiger partial charge in [-0.3, -0.25) is 9.59 Å². The van der Waals surface area contributed by atoms with Crippen LogP contribution in [0.3, 0.4) is 0 Å². The first kappa shape index (κ1) is 17.1. The molecule has 0 unspecified atom stereocenters. The Morgan fingerprint density at radius 1 is 1.33 bits per heavy atom. The second-order valence-electron chi connectivity index (χ2n) is 5.64.